The Morgan fingerprint density at radius 2 is 1.42 bits per heavy atom. The smallest absolute Gasteiger partial charge is 0.385 e. The third-order valence-electron chi connectivity index (χ3n) is 0.653. The quantitative estimate of drug-likeness (QED) is 0.526. The fraction of sp³-hybridized carbons (Fsp3) is 0.500. The lowest BCUT2D eigenvalue weighted by atomic mass is 10.8. The molecule has 0 aromatic rings. The van der Waals surface area contributed by atoms with Gasteiger partial charge in [0.05, 0.1) is 0 Å². The van der Waals surface area contributed by atoms with Crippen molar-refractivity contribution in [1.82, 2.24) is 0 Å². The highest BCUT2D eigenvalue weighted by Crippen LogP contribution is 2.23. The van der Waals surface area contributed by atoms with Crippen LogP contribution in [0.15, 0.2) is 0 Å². The van der Waals surface area contributed by atoms with Crippen molar-refractivity contribution in [2.75, 3.05) is 13.2 Å². The second-order valence-electron chi connectivity index (χ2n) is 1.51. The average Bonchev–Trinajstić information content (AvgIpc) is 2.03. The molecule has 8 heteroatoms. The first-order valence-electron chi connectivity index (χ1n) is 2.77. The van der Waals surface area contributed by atoms with E-state index in [1.54, 1.807) is 0 Å². The normalized spacial score (nSPS) is 9.58. The molecule has 2 N–H and O–H groups in total. The van der Waals surface area contributed by atoms with E-state index in [9.17, 15) is 14.2 Å². The molecule has 0 aromatic carbocycles. The van der Waals surface area contributed by atoms with Crippen molar-refractivity contribution in [1.29, 1.82) is 0 Å². The van der Waals surface area contributed by atoms with Crippen LogP contribution in [0.2, 0.25) is 0 Å². The van der Waals surface area contributed by atoms with E-state index in [1.807, 2.05) is 0 Å². The van der Waals surface area contributed by atoms with E-state index >= 15 is 0 Å². The summed E-state index contributed by atoms with van der Waals surface area (Å²) in [5.74, 6) is -2.32. The van der Waals surface area contributed by atoms with Crippen LogP contribution in [0.4, 0.5) is 0 Å². The highest BCUT2D eigenvalue weighted by molar-refractivity contribution is 7.34. The lowest BCUT2D eigenvalue weighted by Crippen LogP contribution is -2.08. The van der Waals surface area contributed by atoms with Gasteiger partial charge in [0.15, 0.2) is 0 Å². The van der Waals surface area contributed by atoms with Crippen LogP contribution in [0.3, 0.4) is 0 Å². The Kier molecular flexibility index (Phi) is 5.27. The molecule has 0 amide bonds. The van der Waals surface area contributed by atoms with Gasteiger partial charge in [-0.15, -0.1) is 0 Å². The van der Waals surface area contributed by atoms with Crippen molar-refractivity contribution in [2.45, 2.75) is 0 Å². The van der Waals surface area contributed by atoms with Gasteiger partial charge in [0.25, 0.3) is 0 Å². The van der Waals surface area contributed by atoms with Gasteiger partial charge < -0.3 is 19.3 Å². The Labute approximate surface area is 67.9 Å². The molecule has 0 aliphatic carbocycles. The lowest BCUT2D eigenvalue weighted by molar-refractivity contribution is -0.141. The molecule has 0 aliphatic rings. The van der Waals surface area contributed by atoms with Gasteiger partial charge >= 0.3 is 20.2 Å². The summed E-state index contributed by atoms with van der Waals surface area (Å²) in [7, 11) is -3.28. The van der Waals surface area contributed by atoms with E-state index in [4.69, 9.17) is 10.2 Å². The molecule has 0 saturated carbocycles. The predicted octanol–water partition coefficient (Wildman–Crippen LogP) is -1.55. The third kappa shape index (κ3) is 4.84. The fourth-order valence-electron chi connectivity index (χ4n) is 0.271. The van der Waals surface area contributed by atoms with Crippen LogP contribution in [0.25, 0.3) is 0 Å². The molecule has 0 unspecified atom stereocenters. The molecule has 0 aromatic heterocycles. The van der Waals surface area contributed by atoms with Crippen LogP contribution in [0.1, 0.15) is 0 Å². The lowest BCUT2D eigenvalue weighted by Gasteiger charge is -2.01. The van der Waals surface area contributed by atoms with Crippen LogP contribution in [0.5, 0.6) is 0 Å². The summed E-state index contributed by atoms with van der Waals surface area (Å²) in [6.07, 6.45) is 0. The molecule has 12 heavy (non-hydrogen) atoms. The molecule has 7 nitrogen and oxygen atoms in total. The standard InChI is InChI=1S/C4H7O7P/c5-1-3(7)10-12(9)11-4(8)2-6/h5-6,12H,1-2H2. The molecular formula is C4H7O7P. The average molecular weight is 198 g/mol. The molecule has 0 fully saturated rings. The number of hydrogen-bond acceptors (Lipinski definition) is 7. The van der Waals surface area contributed by atoms with Gasteiger partial charge in [-0.05, 0) is 0 Å². The molecule has 0 saturated heterocycles. The van der Waals surface area contributed by atoms with Crippen molar-refractivity contribution in [3.63, 3.8) is 0 Å². The minimum atomic E-state index is -3.28. The summed E-state index contributed by atoms with van der Waals surface area (Å²) in [5, 5.41) is 16.2. The van der Waals surface area contributed by atoms with E-state index in [0.717, 1.165) is 0 Å². The SMILES string of the molecule is O=C(CO)O[PH](=O)OC(=O)CO. The minimum Gasteiger partial charge on any atom is -0.385 e. The molecule has 0 rings (SSSR count). The maximum absolute atomic E-state index is 10.5. The van der Waals surface area contributed by atoms with Gasteiger partial charge in [0.2, 0.25) is 0 Å². The second kappa shape index (κ2) is 5.70. The van der Waals surface area contributed by atoms with Crippen LogP contribution in [-0.2, 0) is 23.2 Å². The van der Waals surface area contributed by atoms with Gasteiger partial charge in [0.1, 0.15) is 13.2 Å². The summed E-state index contributed by atoms with van der Waals surface area (Å²) in [6.45, 7) is -1.90. The van der Waals surface area contributed by atoms with E-state index in [-0.39, 0.29) is 0 Å². The molecule has 0 spiro atoms. The van der Waals surface area contributed by atoms with E-state index in [1.165, 1.54) is 0 Å². The maximum atomic E-state index is 10.5. The number of carbonyl (C=O) groups is 2. The number of aliphatic hydroxyl groups is 2. The van der Waals surface area contributed by atoms with E-state index < -0.39 is 33.4 Å². The van der Waals surface area contributed by atoms with Crippen LogP contribution in [0, 0.1) is 0 Å². The molecule has 0 bridgehead atoms. The Balaban J connectivity index is 3.74. The summed E-state index contributed by atoms with van der Waals surface area (Å²) < 4.78 is 18.2. The fourth-order valence-corrected chi connectivity index (χ4v) is 0.814. The van der Waals surface area contributed by atoms with Crippen LogP contribution in [-0.4, -0.2) is 35.4 Å². The molecule has 0 radical (unpaired) electrons. The number of hydrogen-bond donors (Lipinski definition) is 2. The Morgan fingerprint density at radius 3 is 1.67 bits per heavy atom. The number of rotatable bonds is 4. The monoisotopic (exact) mass is 198 g/mol. The van der Waals surface area contributed by atoms with Crippen molar-refractivity contribution in [3.05, 3.63) is 0 Å². The van der Waals surface area contributed by atoms with Crippen LogP contribution < -0.4 is 0 Å². The predicted molar refractivity (Wildman–Crippen MR) is 35.4 cm³/mol. The Bertz CT molecular complexity index is 180. The Hall–Kier alpha value is -0.910. The number of carbonyl (C=O) groups excluding carboxylic acids is 2. The molecule has 0 atom stereocenters. The van der Waals surface area contributed by atoms with E-state index in [0.29, 0.717) is 0 Å². The number of aliphatic hydroxyl groups excluding tert-OH is 2. The molecular weight excluding hydrogens is 191 g/mol. The highest BCUT2D eigenvalue weighted by atomic mass is 31.1. The largest absolute Gasteiger partial charge is 0.423 e. The summed E-state index contributed by atoms with van der Waals surface area (Å²) in [4.78, 5) is 20.4. The second-order valence-corrected chi connectivity index (χ2v) is 2.42. The summed E-state index contributed by atoms with van der Waals surface area (Å²) in [5.41, 5.74) is 0. The molecule has 0 aliphatic heterocycles. The zero-order chi connectivity index (χ0) is 9.56. The third-order valence-corrected chi connectivity index (χ3v) is 1.44. The molecule has 70 valence electrons. The van der Waals surface area contributed by atoms with Gasteiger partial charge in [-0.25, -0.2) is 14.2 Å². The van der Waals surface area contributed by atoms with Crippen molar-refractivity contribution in [3.8, 4) is 0 Å². The van der Waals surface area contributed by atoms with Gasteiger partial charge in [0, 0.05) is 0 Å². The van der Waals surface area contributed by atoms with Crippen LogP contribution >= 0.6 is 8.25 Å². The maximum Gasteiger partial charge on any atom is 0.423 e. The first-order valence-corrected chi connectivity index (χ1v) is 3.99. The summed E-state index contributed by atoms with van der Waals surface area (Å²) in [6, 6.07) is 0. The zero-order valence-electron chi connectivity index (χ0n) is 5.85. The van der Waals surface area contributed by atoms with Gasteiger partial charge in [-0.2, -0.15) is 0 Å². The first-order chi connectivity index (χ1) is 5.60. The minimum absolute atomic E-state index is 0.951. The topological polar surface area (TPSA) is 110 Å². The zero-order valence-corrected chi connectivity index (χ0v) is 6.85. The van der Waals surface area contributed by atoms with Gasteiger partial charge in [-0.3, -0.25) is 0 Å². The van der Waals surface area contributed by atoms with Gasteiger partial charge in [-0.1, -0.05) is 0 Å². The van der Waals surface area contributed by atoms with Crippen molar-refractivity contribution < 1.29 is 33.4 Å². The van der Waals surface area contributed by atoms with Crippen molar-refractivity contribution in [2.24, 2.45) is 0 Å². The highest BCUT2D eigenvalue weighted by Gasteiger charge is 2.10. The summed E-state index contributed by atoms with van der Waals surface area (Å²) >= 11 is 0. The Morgan fingerprint density at radius 1 is 1.08 bits per heavy atom. The first kappa shape index (κ1) is 11.1. The molecule has 0 heterocycles. The van der Waals surface area contributed by atoms with E-state index in [2.05, 4.69) is 9.05 Å². The van der Waals surface area contributed by atoms with Crippen molar-refractivity contribution >= 4 is 20.2 Å².